The van der Waals surface area contributed by atoms with E-state index in [4.69, 9.17) is 0 Å². The molecule has 0 saturated carbocycles. The lowest BCUT2D eigenvalue weighted by molar-refractivity contribution is 0.398. The van der Waals surface area contributed by atoms with E-state index in [1.807, 2.05) is 11.3 Å². The van der Waals surface area contributed by atoms with Crippen molar-refractivity contribution in [3.63, 3.8) is 0 Å². The van der Waals surface area contributed by atoms with Gasteiger partial charge < -0.3 is 5.32 Å². The van der Waals surface area contributed by atoms with Crippen molar-refractivity contribution in [2.24, 2.45) is 5.92 Å². The third-order valence-corrected chi connectivity index (χ3v) is 4.23. The van der Waals surface area contributed by atoms with Gasteiger partial charge in [-0.25, -0.2) is 4.98 Å². The van der Waals surface area contributed by atoms with Crippen LogP contribution >= 0.6 is 11.3 Å². The molecule has 1 rings (SSSR count). The van der Waals surface area contributed by atoms with Crippen molar-refractivity contribution in [1.82, 2.24) is 10.3 Å². The zero-order valence-electron chi connectivity index (χ0n) is 11.1. The first-order valence-corrected chi connectivity index (χ1v) is 7.02. The van der Waals surface area contributed by atoms with Gasteiger partial charge in [0.1, 0.15) is 0 Å². The summed E-state index contributed by atoms with van der Waals surface area (Å²) >= 11 is 1.85. The van der Waals surface area contributed by atoms with Gasteiger partial charge in [0.25, 0.3) is 0 Å². The molecule has 1 aromatic heterocycles. The molecule has 0 aliphatic heterocycles. The van der Waals surface area contributed by atoms with Crippen LogP contribution in [0.25, 0.3) is 0 Å². The second-order valence-corrected chi connectivity index (χ2v) is 5.96. The molecule has 3 heteroatoms. The summed E-state index contributed by atoms with van der Waals surface area (Å²) in [6, 6.07) is 0.574. The molecule has 0 saturated heterocycles. The maximum absolute atomic E-state index is 4.60. The average Bonchev–Trinajstić information content (AvgIpc) is 2.54. The van der Waals surface area contributed by atoms with Gasteiger partial charge in [-0.1, -0.05) is 13.8 Å². The largest absolute Gasteiger partial charge is 0.314 e. The quantitative estimate of drug-likeness (QED) is 0.825. The highest BCUT2D eigenvalue weighted by atomic mass is 32.1. The van der Waals surface area contributed by atoms with Gasteiger partial charge in [0.2, 0.25) is 0 Å². The van der Waals surface area contributed by atoms with Crippen LogP contribution in [-0.4, -0.2) is 17.6 Å². The van der Waals surface area contributed by atoms with E-state index in [-0.39, 0.29) is 0 Å². The van der Waals surface area contributed by atoms with Crippen molar-refractivity contribution < 1.29 is 0 Å². The van der Waals surface area contributed by atoms with E-state index in [2.05, 4.69) is 44.9 Å². The van der Waals surface area contributed by atoms with Crippen LogP contribution in [-0.2, 0) is 6.42 Å². The molecule has 0 aromatic carbocycles. The molecular weight excluding hydrogens is 216 g/mol. The molecule has 1 aromatic rings. The second-order valence-electron chi connectivity index (χ2n) is 4.67. The Bertz CT molecular complexity index is 300. The Labute approximate surface area is 103 Å². The molecule has 0 aliphatic carbocycles. The van der Waals surface area contributed by atoms with Crippen LogP contribution in [0.3, 0.4) is 0 Å². The molecule has 0 fully saturated rings. The van der Waals surface area contributed by atoms with Crippen LogP contribution in [0.4, 0.5) is 0 Å². The number of aromatic nitrogens is 1. The van der Waals surface area contributed by atoms with E-state index < -0.39 is 0 Å². The summed E-state index contributed by atoms with van der Waals surface area (Å²) in [6.07, 6.45) is 2.30. The summed E-state index contributed by atoms with van der Waals surface area (Å²) in [6.45, 7) is 12.1. The normalized spacial score (nSPS) is 15.1. The van der Waals surface area contributed by atoms with Crippen LogP contribution < -0.4 is 5.32 Å². The highest BCUT2D eigenvalue weighted by molar-refractivity contribution is 7.11. The first-order chi connectivity index (χ1) is 7.54. The van der Waals surface area contributed by atoms with Gasteiger partial charge >= 0.3 is 0 Å². The van der Waals surface area contributed by atoms with Crippen molar-refractivity contribution in [3.05, 3.63) is 15.6 Å². The number of aryl methyl sites for hydroxylation is 2. The Kier molecular flexibility index (Phi) is 5.42. The summed E-state index contributed by atoms with van der Waals surface area (Å²) in [7, 11) is 0. The monoisotopic (exact) mass is 240 g/mol. The van der Waals surface area contributed by atoms with Gasteiger partial charge in [-0.3, -0.25) is 0 Å². The summed E-state index contributed by atoms with van der Waals surface area (Å²) in [5.74, 6) is 0.650. The van der Waals surface area contributed by atoms with Gasteiger partial charge in [0.05, 0.1) is 10.7 Å². The molecule has 92 valence electrons. The van der Waals surface area contributed by atoms with E-state index in [0.717, 1.165) is 13.0 Å². The van der Waals surface area contributed by atoms with Crippen LogP contribution in [0, 0.1) is 19.8 Å². The first kappa shape index (κ1) is 13.7. The molecule has 2 nitrogen and oxygen atoms in total. The van der Waals surface area contributed by atoms with E-state index in [0.29, 0.717) is 12.0 Å². The maximum atomic E-state index is 4.60. The molecule has 2 atom stereocenters. The smallest absolute Gasteiger partial charge is 0.0934 e. The molecule has 1 heterocycles. The number of rotatable bonds is 6. The Balaban J connectivity index is 2.47. The lowest BCUT2D eigenvalue weighted by atomic mass is 10.0. The molecule has 0 aliphatic rings. The molecule has 0 bridgehead atoms. The lowest BCUT2D eigenvalue weighted by Crippen LogP contribution is -2.33. The number of nitrogens with zero attached hydrogens (tertiary/aromatic N) is 1. The van der Waals surface area contributed by atoms with Crippen LogP contribution in [0.2, 0.25) is 0 Å². The van der Waals surface area contributed by atoms with Crippen LogP contribution in [0.15, 0.2) is 0 Å². The van der Waals surface area contributed by atoms with E-state index in [1.54, 1.807) is 0 Å². The van der Waals surface area contributed by atoms with Crippen LogP contribution in [0.5, 0.6) is 0 Å². The van der Waals surface area contributed by atoms with Gasteiger partial charge in [-0.2, -0.15) is 0 Å². The van der Waals surface area contributed by atoms with Crippen molar-refractivity contribution in [3.8, 4) is 0 Å². The predicted octanol–water partition coefficient (Wildman–Crippen LogP) is 3.33. The van der Waals surface area contributed by atoms with Crippen molar-refractivity contribution >= 4 is 11.3 Å². The molecule has 0 amide bonds. The van der Waals surface area contributed by atoms with Gasteiger partial charge in [-0.05, 0) is 39.7 Å². The molecular formula is C13H24N2S. The average molecular weight is 240 g/mol. The summed E-state index contributed by atoms with van der Waals surface area (Å²) in [4.78, 5) is 5.96. The number of nitrogens with one attached hydrogen (secondary N) is 1. The summed E-state index contributed by atoms with van der Waals surface area (Å²) < 4.78 is 0. The molecule has 0 spiro atoms. The van der Waals surface area contributed by atoms with Crippen molar-refractivity contribution in [2.45, 2.75) is 53.5 Å². The Morgan fingerprint density at radius 3 is 2.50 bits per heavy atom. The predicted molar refractivity (Wildman–Crippen MR) is 72.2 cm³/mol. The molecule has 2 unspecified atom stereocenters. The SMILES string of the molecule is CCCNC(C)C(C)Cc1nc(C)c(C)s1. The minimum atomic E-state index is 0.574. The number of hydrogen-bond acceptors (Lipinski definition) is 3. The summed E-state index contributed by atoms with van der Waals surface area (Å²) in [5, 5.41) is 4.84. The fraction of sp³-hybridized carbons (Fsp3) is 0.769. The Hall–Kier alpha value is -0.410. The Morgan fingerprint density at radius 1 is 1.31 bits per heavy atom. The number of thiazole rings is 1. The number of hydrogen-bond donors (Lipinski definition) is 1. The topological polar surface area (TPSA) is 24.9 Å². The summed E-state index contributed by atoms with van der Waals surface area (Å²) in [5.41, 5.74) is 1.20. The maximum Gasteiger partial charge on any atom is 0.0934 e. The lowest BCUT2D eigenvalue weighted by Gasteiger charge is -2.20. The molecule has 1 N–H and O–H groups in total. The highest BCUT2D eigenvalue weighted by Gasteiger charge is 2.14. The third kappa shape index (κ3) is 3.87. The third-order valence-electron chi connectivity index (χ3n) is 3.14. The van der Waals surface area contributed by atoms with Gasteiger partial charge in [0, 0.05) is 17.3 Å². The highest BCUT2D eigenvalue weighted by Crippen LogP contribution is 2.20. The Morgan fingerprint density at radius 2 is 2.00 bits per heavy atom. The van der Waals surface area contributed by atoms with Crippen molar-refractivity contribution in [2.75, 3.05) is 6.54 Å². The molecule has 16 heavy (non-hydrogen) atoms. The van der Waals surface area contributed by atoms with E-state index >= 15 is 0 Å². The second kappa shape index (κ2) is 6.36. The van der Waals surface area contributed by atoms with E-state index in [9.17, 15) is 0 Å². The fourth-order valence-electron chi connectivity index (χ4n) is 1.65. The van der Waals surface area contributed by atoms with E-state index in [1.165, 1.54) is 22.0 Å². The minimum absolute atomic E-state index is 0.574. The van der Waals surface area contributed by atoms with Gasteiger partial charge in [0.15, 0.2) is 0 Å². The van der Waals surface area contributed by atoms with Crippen LogP contribution in [0.1, 0.15) is 42.8 Å². The zero-order valence-corrected chi connectivity index (χ0v) is 11.9. The van der Waals surface area contributed by atoms with Crippen molar-refractivity contribution in [1.29, 1.82) is 0 Å². The minimum Gasteiger partial charge on any atom is -0.314 e. The fourth-order valence-corrected chi connectivity index (χ4v) is 2.73. The zero-order chi connectivity index (χ0) is 12.1. The molecule has 0 radical (unpaired) electrons. The first-order valence-electron chi connectivity index (χ1n) is 6.20. The van der Waals surface area contributed by atoms with Gasteiger partial charge in [-0.15, -0.1) is 11.3 Å². The standard InChI is InChI=1S/C13H24N2S/c1-6-7-14-10(3)9(2)8-13-15-11(4)12(5)16-13/h9-10,14H,6-8H2,1-5H3.